The zero-order valence-electron chi connectivity index (χ0n) is 10.5. The Morgan fingerprint density at radius 3 is 2.56 bits per heavy atom. The molecule has 5 heteroatoms. The lowest BCUT2D eigenvalue weighted by Gasteiger charge is -2.18. The molecule has 1 heterocycles. The molecule has 1 N–H and O–H groups in total. The maximum absolute atomic E-state index is 6.28. The van der Waals surface area contributed by atoms with Gasteiger partial charge in [0.1, 0.15) is 0 Å². The van der Waals surface area contributed by atoms with Gasteiger partial charge < -0.3 is 5.32 Å². The van der Waals surface area contributed by atoms with Crippen molar-refractivity contribution in [2.75, 3.05) is 7.05 Å². The van der Waals surface area contributed by atoms with Gasteiger partial charge in [-0.1, -0.05) is 35.3 Å². The van der Waals surface area contributed by atoms with Crippen molar-refractivity contribution in [3.8, 4) is 0 Å². The summed E-state index contributed by atoms with van der Waals surface area (Å²) in [6, 6.07) is 5.65. The fraction of sp³-hybridized carbons (Fsp3) is 0.308. The average Bonchev–Trinajstić information content (AvgIpc) is 2.65. The first-order valence-electron chi connectivity index (χ1n) is 5.66. The number of nitrogens with zero attached hydrogens (tertiary/aromatic N) is 2. The van der Waals surface area contributed by atoms with E-state index in [0.717, 1.165) is 16.8 Å². The predicted octanol–water partition coefficient (Wildman–Crippen LogP) is 3.34. The van der Waals surface area contributed by atoms with Crippen LogP contribution in [-0.2, 0) is 7.05 Å². The molecule has 2 aromatic rings. The van der Waals surface area contributed by atoms with E-state index in [1.807, 2.05) is 39.3 Å². The lowest BCUT2D eigenvalue weighted by atomic mass is 9.99. The highest BCUT2D eigenvalue weighted by Gasteiger charge is 2.20. The van der Waals surface area contributed by atoms with Crippen LogP contribution in [0.3, 0.4) is 0 Å². The summed E-state index contributed by atoms with van der Waals surface area (Å²) >= 11 is 12.3. The summed E-state index contributed by atoms with van der Waals surface area (Å²) in [4.78, 5) is 0. The second-order valence-corrected chi connectivity index (χ2v) is 4.99. The maximum Gasteiger partial charge on any atom is 0.0644 e. The van der Waals surface area contributed by atoms with Crippen LogP contribution in [0.5, 0.6) is 0 Å². The van der Waals surface area contributed by atoms with Gasteiger partial charge in [-0.3, -0.25) is 4.68 Å². The second kappa shape index (κ2) is 5.31. The molecule has 0 amide bonds. The van der Waals surface area contributed by atoms with Crippen LogP contribution < -0.4 is 5.32 Å². The summed E-state index contributed by atoms with van der Waals surface area (Å²) in [6.45, 7) is 1.98. The van der Waals surface area contributed by atoms with Gasteiger partial charge in [0, 0.05) is 18.8 Å². The third-order valence-corrected chi connectivity index (χ3v) is 3.78. The molecular weight excluding hydrogens is 269 g/mol. The molecule has 0 radical (unpaired) electrons. The molecular formula is C13H15Cl2N3. The Hall–Kier alpha value is -1.03. The molecule has 0 bridgehead atoms. The summed E-state index contributed by atoms with van der Waals surface area (Å²) in [5.41, 5.74) is 3.04. The maximum atomic E-state index is 6.28. The predicted molar refractivity (Wildman–Crippen MR) is 75.3 cm³/mol. The SMILES string of the molecule is CNC(c1cn(C)nc1C)c1cccc(Cl)c1Cl. The standard InChI is InChI=1S/C13H15Cl2N3/c1-8-10(7-18(3)17-8)13(16-2)9-5-4-6-11(14)12(9)15/h4-7,13,16H,1-3H3. The summed E-state index contributed by atoms with van der Waals surface area (Å²) in [6.07, 6.45) is 1.99. The molecule has 1 aromatic heterocycles. The Labute approximate surface area is 117 Å². The topological polar surface area (TPSA) is 29.9 Å². The van der Waals surface area contributed by atoms with E-state index >= 15 is 0 Å². The number of benzene rings is 1. The van der Waals surface area contributed by atoms with E-state index < -0.39 is 0 Å². The summed E-state index contributed by atoms with van der Waals surface area (Å²) in [5.74, 6) is 0. The van der Waals surface area contributed by atoms with Crippen LogP contribution in [0.15, 0.2) is 24.4 Å². The van der Waals surface area contributed by atoms with Crippen molar-refractivity contribution in [2.24, 2.45) is 7.05 Å². The molecule has 0 saturated carbocycles. The number of hydrogen-bond acceptors (Lipinski definition) is 2. The van der Waals surface area contributed by atoms with Crippen molar-refractivity contribution >= 4 is 23.2 Å². The van der Waals surface area contributed by atoms with Crippen molar-refractivity contribution in [1.82, 2.24) is 15.1 Å². The first-order chi connectivity index (χ1) is 8.54. The molecule has 0 spiro atoms. The summed E-state index contributed by atoms with van der Waals surface area (Å²) in [5, 5.41) is 8.77. The Bertz CT molecular complexity index is 563. The summed E-state index contributed by atoms with van der Waals surface area (Å²) < 4.78 is 1.80. The largest absolute Gasteiger partial charge is 0.309 e. The van der Waals surface area contributed by atoms with Gasteiger partial charge in [-0.15, -0.1) is 0 Å². The van der Waals surface area contributed by atoms with Gasteiger partial charge in [-0.2, -0.15) is 5.10 Å². The van der Waals surface area contributed by atoms with Crippen molar-refractivity contribution in [1.29, 1.82) is 0 Å². The molecule has 3 nitrogen and oxygen atoms in total. The van der Waals surface area contributed by atoms with E-state index in [9.17, 15) is 0 Å². The number of nitrogens with one attached hydrogen (secondary N) is 1. The van der Waals surface area contributed by atoms with Crippen molar-refractivity contribution in [3.05, 3.63) is 51.3 Å². The van der Waals surface area contributed by atoms with E-state index in [1.54, 1.807) is 10.7 Å². The van der Waals surface area contributed by atoms with Crippen LogP contribution in [0.25, 0.3) is 0 Å². The minimum Gasteiger partial charge on any atom is -0.309 e. The normalized spacial score (nSPS) is 12.7. The zero-order chi connectivity index (χ0) is 13.3. The van der Waals surface area contributed by atoms with Gasteiger partial charge >= 0.3 is 0 Å². The lowest BCUT2D eigenvalue weighted by molar-refractivity contribution is 0.687. The molecule has 1 aromatic carbocycles. The highest BCUT2D eigenvalue weighted by atomic mass is 35.5. The van der Waals surface area contributed by atoms with Crippen LogP contribution in [0, 0.1) is 6.92 Å². The quantitative estimate of drug-likeness (QED) is 0.936. The number of rotatable bonds is 3. The van der Waals surface area contributed by atoms with Gasteiger partial charge in [0.2, 0.25) is 0 Å². The minimum atomic E-state index is -0.00935. The number of halogens is 2. The first-order valence-corrected chi connectivity index (χ1v) is 6.41. The number of aromatic nitrogens is 2. The molecule has 1 unspecified atom stereocenters. The third kappa shape index (κ3) is 2.39. The zero-order valence-corrected chi connectivity index (χ0v) is 12.0. The lowest BCUT2D eigenvalue weighted by Crippen LogP contribution is -2.18. The van der Waals surface area contributed by atoms with Gasteiger partial charge in [0.15, 0.2) is 0 Å². The Morgan fingerprint density at radius 2 is 2.00 bits per heavy atom. The van der Waals surface area contributed by atoms with Crippen LogP contribution in [-0.4, -0.2) is 16.8 Å². The molecule has 0 aliphatic heterocycles. The highest BCUT2D eigenvalue weighted by molar-refractivity contribution is 6.42. The van der Waals surface area contributed by atoms with E-state index in [0.29, 0.717) is 10.0 Å². The molecule has 0 saturated heterocycles. The van der Waals surface area contributed by atoms with Crippen molar-refractivity contribution in [3.63, 3.8) is 0 Å². The van der Waals surface area contributed by atoms with E-state index in [1.165, 1.54) is 0 Å². The minimum absolute atomic E-state index is 0.00935. The fourth-order valence-corrected chi connectivity index (χ4v) is 2.54. The van der Waals surface area contributed by atoms with E-state index in [4.69, 9.17) is 23.2 Å². The van der Waals surface area contributed by atoms with Crippen molar-refractivity contribution < 1.29 is 0 Å². The van der Waals surface area contributed by atoms with E-state index in [2.05, 4.69) is 10.4 Å². The van der Waals surface area contributed by atoms with Gasteiger partial charge in [0.05, 0.1) is 21.8 Å². The monoisotopic (exact) mass is 283 g/mol. The molecule has 2 rings (SSSR count). The first kappa shape index (κ1) is 13.4. The fourth-order valence-electron chi connectivity index (χ4n) is 2.12. The van der Waals surface area contributed by atoms with Crippen LogP contribution in [0.1, 0.15) is 22.9 Å². The molecule has 96 valence electrons. The number of hydrogen-bond donors (Lipinski definition) is 1. The Balaban J connectivity index is 2.52. The van der Waals surface area contributed by atoms with E-state index in [-0.39, 0.29) is 6.04 Å². The molecule has 1 atom stereocenters. The number of aryl methyl sites for hydroxylation is 2. The third-order valence-electron chi connectivity index (χ3n) is 2.94. The molecule has 0 aliphatic carbocycles. The molecule has 0 fully saturated rings. The molecule has 18 heavy (non-hydrogen) atoms. The van der Waals surface area contributed by atoms with Crippen LogP contribution >= 0.6 is 23.2 Å². The van der Waals surface area contributed by atoms with Gasteiger partial charge in [-0.05, 0) is 25.6 Å². The van der Waals surface area contributed by atoms with Crippen LogP contribution in [0.4, 0.5) is 0 Å². The average molecular weight is 284 g/mol. The second-order valence-electron chi connectivity index (χ2n) is 4.21. The Kier molecular flexibility index (Phi) is 3.95. The summed E-state index contributed by atoms with van der Waals surface area (Å²) in [7, 11) is 3.80. The van der Waals surface area contributed by atoms with Gasteiger partial charge in [0.25, 0.3) is 0 Å². The van der Waals surface area contributed by atoms with Crippen molar-refractivity contribution in [2.45, 2.75) is 13.0 Å². The van der Waals surface area contributed by atoms with Gasteiger partial charge in [-0.25, -0.2) is 0 Å². The highest BCUT2D eigenvalue weighted by Crippen LogP contribution is 2.33. The Morgan fingerprint density at radius 1 is 1.28 bits per heavy atom. The molecule has 0 aliphatic rings. The smallest absolute Gasteiger partial charge is 0.0644 e. The van der Waals surface area contributed by atoms with Crippen LogP contribution in [0.2, 0.25) is 10.0 Å².